The smallest absolute Gasteiger partial charge is 0.222 e. The molecule has 0 saturated carbocycles. The van der Waals surface area contributed by atoms with Crippen LogP contribution >= 0.6 is 0 Å². The summed E-state index contributed by atoms with van der Waals surface area (Å²) in [5.74, 6) is 1.13. The monoisotopic (exact) mass is 439 g/mol. The number of rotatable bonds is 11. The van der Waals surface area contributed by atoms with Crippen LogP contribution in [0.4, 0.5) is 5.82 Å². The lowest BCUT2D eigenvalue weighted by atomic mass is 10.2. The first-order chi connectivity index (χ1) is 15.4. The first-order valence-corrected chi connectivity index (χ1v) is 11.4. The predicted molar refractivity (Wildman–Crippen MR) is 126 cm³/mol. The number of benzene rings is 1. The summed E-state index contributed by atoms with van der Waals surface area (Å²) in [4.78, 5) is 39.1. The highest BCUT2D eigenvalue weighted by atomic mass is 16.7. The van der Waals surface area contributed by atoms with Crippen molar-refractivity contribution in [2.75, 3.05) is 18.5 Å². The van der Waals surface area contributed by atoms with Crippen molar-refractivity contribution < 1.29 is 14.4 Å². The Bertz CT molecular complexity index is 1090. The second-order valence-electron chi connectivity index (χ2n) is 8.27. The second-order valence-corrected chi connectivity index (χ2v) is 8.27. The number of carbonyl (C=O) groups is 2. The molecule has 2 aromatic heterocycles. The number of aryl methyl sites for hydroxylation is 1. The molecule has 0 atom stereocenters. The van der Waals surface area contributed by atoms with Gasteiger partial charge < -0.3 is 15.5 Å². The van der Waals surface area contributed by atoms with Gasteiger partial charge in [-0.3, -0.25) is 9.59 Å². The number of imidazole rings is 1. The molecular weight excluding hydrogens is 406 g/mol. The van der Waals surface area contributed by atoms with E-state index in [1.807, 2.05) is 42.8 Å². The van der Waals surface area contributed by atoms with Gasteiger partial charge in [-0.15, -0.1) is 0 Å². The molecule has 0 spiro atoms. The van der Waals surface area contributed by atoms with E-state index in [0.29, 0.717) is 24.5 Å². The Kier molecular flexibility index (Phi) is 8.03. The Labute approximate surface area is 188 Å². The van der Waals surface area contributed by atoms with Gasteiger partial charge in [-0.05, 0) is 25.3 Å². The van der Waals surface area contributed by atoms with Crippen LogP contribution < -0.4 is 15.5 Å². The van der Waals surface area contributed by atoms with Crippen LogP contribution in [0.15, 0.2) is 24.3 Å². The van der Waals surface area contributed by atoms with Crippen LogP contribution in [0.5, 0.6) is 0 Å². The maximum absolute atomic E-state index is 11.8. The molecule has 3 aromatic rings. The lowest BCUT2D eigenvalue weighted by molar-refractivity contribution is -0.124. The van der Waals surface area contributed by atoms with Crippen LogP contribution in [-0.4, -0.2) is 39.7 Å². The number of carbonyl (C=O) groups excluding carboxylic acids is 2. The van der Waals surface area contributed by atoms with Crippen LogP contribution in [0.3, 0.4) is 0 Å². The molecule has 172 valence electrons. The Hall–Kier alpha value is -3.16. The molecule has 3 rings (SSSR count). The van der Waals surface area contributed by atoms with Gasteiger partial charge in [0.15, 0.2) is 5.82 Å². The molecule has 2 amide bonds. The molecule has 8 nitrogen and oxygen atoms in total. The van der Waals surface area contributed by atoms with Crippen LogP contribution in [-0.2, 0) is 16.0 Å². The summed E-state index contributed by atoms with van der Waals surface area (Å²) in [7, 11) is 0. The molecule has 0 saturated heterocycles. The molecule has 8 heteroatoms. The van der Waals surface area contributed by atoms with E-state index in [1.54, 1.807) is 0 Å². The van der Waals surface area contributed by atoms with Gasteiger partial charge in [-0.1, -0.05) is 45.4 Å². The number of aromatic nitrogens is 3. The number of hydrogen-bond acceptors (Lipinski definition) is 5. The Balaban J connectivity index is 1.88. The van der Waals surface area contributed by atoms with Gasteiger partial charge in [-0.25, -0.2) is 9.97 Å². The minimum atomic E-state index is -0.192. The number of anilines is 1. The third-order valence-corrected chi connectivity index (χ3v) is 5.18. The number of nitrogens with zero attached hydrogens (tertiary/aromatic N) is 3. The number of fused-ring (bicyclic) bond motifs is 3. The summed E-state index contributed by atoms with van der Waals surface area (Å²) in [5.41, 5.74) is 2.22. The summed E-state index contributed by atoms with van der Waals surface area (Å²) < 4.78 is 1.81. The zero-order chi connectivity index (χ0) is 23.1. The van der Waals surface area contributed by atoms with E-state index in [1.165, 1.54) is 6.92 Å². The van der Waals surface area contributed by atoms with E-state index in [-0.39, 0.29) is 17.7 Å². The van der Waals surface area contributed by atoms with Gasteiger partial charge >= 0.3 is 0 Å². The molecule has 0 aliphatic rings. The maximum atomic E-state index is 11.8. The fraction of sp³-hybridized carbons (Fsp3) is 0.500. The Morgan fingerprint density at radius 1 is 1.12 bits per heavy atom. The summed E-state index contributed by atoms with van der Waals surface area (Å²) in [6.07, 6.45) is 4.41. The first kappa shape index (κ1) is 23.5. The lowest BCUT2D eigenvalue weighted by Gasteiger charge is -2.13. The molecule has 0 aliphatic carbocycles. The summed E-state index contributed by atoms with van der Waals surface area (Å²) >= 11 is 0. The Morgan fingerprint density at radius 2 is 1.91 bits per heavy atom. The summed E-state index contributed by atoms with van der Waals surface area (Å²) in [6, 6.07) is 7.79. The summed E-state index contributed by atoms with van der Waals surface area (Å²) in [6.45, 7) is 8.50. The molecule has 0 unspecified atom stereocenters. The molecular formula is C24H33N5O3. The molecule has 2 N–H and O–H groups in total. The molecule has 32 heavy (non-hydrogen) atoms. The van der Waals surface area contributed by atoms with Crippen molar-refractivity contribution in [2.45, 2.75) is 59.8 Å². The average Bonchev–Trinajstić information content (AvgIpc) is 3.13. The van der Waals surface area contributed by atoms with Crippen LogP contribution in [0.25, 0.3) is 21.9 Å². The predicted octanol–water partition coefficient (Wildman–Crippen LogP) is 3.87. The third-order valence-electron chi connectivity index (χ3n) is 5.18. The number of nitrogens with one attached hydrogen (secondary N) is 2. The van der Waals surface area contributed by atoms with Crippen LogP contribution in [0, 0.1) is 5.92 Å². The molecule has 0 bridgehead atoms. The van der Waals surface area contributed by atoms with Crippen molar-refractivity contribution in [3.8, 4) is 0 Å². The fourth-order valence-corrected chi connectivity index (χ4v) is 3.48. The summed E-state index contributed by atoms with van der Waals surface area (Å²) in [5, 5.41) is 6.68. The van der Waals surface area contributed by atoms with E-state index in [9.17, 15) is 9.59 Å². The maximum Gasteiger partial charge on any atom is 0.222 e. The normalized spacial score (nSPS) is 11.3. The number of pyridine rings is 1. The topological polar surface area (TPSA) is 98.1 Å². The quantitative estimate of drug-likeness (QED) is 0.442. The van der Waals surface area contributed by atoms with Gasteiger partial charge in [0.25, 0.3) is 0 Å². The minimum absolute atomic E-state index is 0.00983. The van der Waals surface area contributed by atoms with Crippen molar-refractivity contribution >= 4 is 39.6 Å². The van der Waals surface area contributed by atoms with Crippen molar-refractivity contribution in [1.82, 2.24) is 20.0 Å². The number of amides is 2. The van der Waals surface area contributed by atoms with E-state index in [0.717, 1.165) is 54.3 Å². The SMILES string of the molecule is CCCCc1nc2c(NC(C)=O)nc3ccccc3c2n1OCCCCNC(=O)C(C)C. The lowest BCUT2D eigenvalue weighted by Crippen LogP contribution is -2.28. The van der Waals surface area contributed by atoms with Crippen LogP contribution in [0.1, 0.15) is 59.2 Å². The highest BCUT2D eigenvalue weighted by Crippen LogP contribution is 2.30. The van der Waals surface area contributed by atoms with Crippen LogP contribution in [0.2, 0.25) is 0 Å². The molecule has 2 heterocycles. The number of unbranched alkanes of at least 4 members (excludes halogenated alkanes) is 2. The van der Waals surface area contributed by atoms with Gasteiger partial charge in [0.05, 0.1) is 5.52 Å². The van der Waals surface area contributed by atoms with Crippen molar-refractivity contribution in [3.05, 3.63) is 30.1 Å². The average molecular weight is 440 g/mol. The molecule has 1 aromatic carbocycles. The van der Waals surface area contributed by atoms with Gasteiger partial charge in [-0.2, -0.15) is 4.73 Å². The first-order valence-electron chi connectivity index (χ1n) is 11.4. The van der Waals surface area contributed by atoms with E-state index in [2.05, 4.69) is 22.5 Å². The molecule has 0 aliphatic heterocycles. The van der Waals surface area contributed by atoms with Crippen molar-refractivity contribution in [2.24, 2.45) is 5.92 Å². The van der Waals surface area contributed by atoms with Gasteiger partial charge in [0.1, 0.15) is 23.5 Å². The van der Waals surface area contributed by atoms with E-state index in [4.69, 9.17) is 9.82 Å². The van der Waals surface area contributed by atoms with E-state index >= 15 is 0 Å². The minimum Gasteiger partial charge on any atom is -0.412 e. The number of para-hydroxylation sites is 1. The van der Waals surface area contributed by atoms with E-state index < -0.39 is 0 Å². The van der Waals surface area contributed by atoms with Gasteiger partial charge in [0, 0.05) is 31.2 Å². The largest absolute Gasteiger partial charge is 0.412 e. The zero-order valence-corrected chi connectivity index (χ0v) is 19.4. The zero-order valence-electron chi connectivity index (χ0n) is 19.4. The number of hydrogen-bond donors (Lipinski definition) is 2. The Morgan fingerprint density at radius 3 is 2.62 bits per heavy atom. The highest BCUT2D eigenvalue weighted by molar-refractivity contribution is 6.09. The van der Waals surface area contributed by atoms with Gasteiger partial charge in [0.2, 0.25) is 11.8 Å². The highest BCUT2D eigenvalue weighted by Gasteiger charge is 2.20. The van der Waals surface area contributed by atoms with Crippen molar-refractivity contribution in [1.29, 1.82) is 0 Å². The van der Waals surface area contributed by atoms with Crippen molar-refractivity contribution in [3.63, 3.8) is 0 Å². The molecule has 0 radical (unpaired) electrons. The fourth-order valence-electron chi connectivity index (χ4n) is 3.48. The third kappa shape index (κ3) is 5.55. The standard InChI is InChI=1S/C24H33N5O3/c1-5-6-13-20-28-21-22(29(20)32-15-10-9-14-25-24(31)16(2)3)18-11-7-8-12-19(18)27-23(21)26-17(4)30/h7-8,11-12,16H,5-6,9-10,13-15H2,1-4H3,(H,25,31)(H,26,27,30). The molecule has 0 fully saturated rings. The second kappa shape index (κ2) is 10.9.